The molecule has 1 heterocycles. The van der Waals surface area contributed by atoms with Crippen LogP contribution in [0.5, 0.6) is 5.75 Å². The van der Waals surface area contributed by atoms with Crippen molar-refractivity contribution in [3.8, 4) is 5.75 Å². The van der Waals surface area contributed by atoms with Crippen molar-refractivity contribution in [2.45, 2.75) is 13.0 Å². The van der Waals surface area contributed by atoms with Crippen LogP contribution >= 0.6 is 47.8 Å². The molecule has 2 aromatic rings. The second-order valence-corrected chi connectivity index (χ2v) is 10.6. The van der Waals surface area contributed by atoms with Gasteiger partial charge < -0.3 is 4.74 Å². The Kier molecular flexibility index (Phi) is 5.65. The fourth-order valence-corrected chi connectivity index (χ4v) is 6.37. The molecule has 0 spiro atoms. The van der Waals surface area contributed by atoms with Crippen LogP contribution in [0.1, 0.15) is 17.5 Å². The van der Waals surface area contributed by atoms with Gasteiger partial charge in [0.2, 0.25) is 0 Å². The standard InChI is InChI=1S/C23H17Br3N2O3/c24-16-5-1-12(2-6-16)11-31-21-17(25)7-13(8-18(21)26)10-27-28-22(29)19-14-3-4-15(9-14)20(19)23(28)30/h1-8,10,14-15,19-20H,9,11H2/t14-,15-,19-,20+/m0/s1. The number of fused-ring (bicyclic) bond motifs is 5. The maximum absolute atomic E-state index is 12.8. The molecule has 2 bridgehead atoms. The lowest BCUT2D eigenvalue weighted by molar-refractivity contribution is -0.140. The van der Waals surface area contributed by atoms with E-state index in [2.05, 4.69) is 65.0 Å². The number of halogens is 3. The number of carbonyl (C=O) groups is 2. The first-order valence-electron chi connectivity index (χ1n) is 9.89. The molecular weight excluding hydrogens is 592 g/mol. The van der Waals surface area contributed by atoms with Crippen molar-refractivity contribution in [1.29, 1.82) is 0 Å². The van der Waals surface area contributed by atoms with E-state index in [1.165, 1.54) is 0 Å². The van der Waals surface area contributed by atoms with Gasteiger partial charge in [-0.2, -0.15) is 10.1 Å². The van der Waals surface area contributed by atoms with Crippen LogP contribution in [-0.2, 0) is 16.2 Å². The molecule has 1 aliphatic heterocycles. The molecule has 3 aliphatic rings. The van der Waals surface area contributed by atoms with Crippen LogP contribution in [0.4, 0.5) is 0 Å². The van der Waals surface area contributed by atoms with E-state index >= 15 is 0 Å². The number of allylic oxidation sites excluding steroid dienone is 2. The van der Waals surface area contributed by atoms with Gasteiger partial charge >= 0.3 is 0 Å². The molecule has 5 nitrogen and oxygen atoms in total. The third kappa shape index (κ3) is 3.83. The monoisotopic (exact) mass is 606 g/mol. The zero-order valence-corrected chi connectivity index (χ0v) is 20.9. The third-order valence-electron chi connectivity index (χ3n) is 6.09. The quantitative estimate of drug-likeness (QED) is 0.249. The molecule has 5 rings (SSSR count). The zero-order valence-electron chi connectivity index (χ0n) is 16.2. The van der Waals surface area contributed by atoms with Crippen LogP contribution in [0.15, 0.2) is 67.1 Å². The van der Waals surface area contributed by atoms with Crippen LogP contribution in [0, 0.1) is 23.7 Å². The van der Waals surface area contributed by atoms with Crippen molar-refractivity contribution < 1.29 is 14.3 Å². The Morgan fingerprint density at radius 2 is 1.55 bits per heavy atom. The molecule has 31 heavy (non-hydrogen) atoms. The number of ether oxygens (including phenoxy) is 1. The number of rotatable bonds is 5. The SMILES string of the molecule is O=C1[C@@H]2[C@H](C(=O)N1N=Cc1cc(Br)c(OCc3ccc(Br)cc3)c(Br)c1)[C@H]1C=C[C@H]2C1. The highest BCUT2D eigenvalue weighted by Crippen LogP contribution is 2.52. The summed E-state index contributed by atoms with van der Waals surface area (Å²) in [5.74, 6) is 0.172. The van der Waals surface area contributed by atoms with Gasteiger partial charge in [-0.25, -0.2) is 0 Å². The number of carbonyl (C=O) groups excluding carboxylic acids is 2. The van der Waals surface area contributed by atoms with Gasteiger partial charge in [-0.3, -0.25) is 9.59 Å². The molecule has 0 radical (unpaired) electrons. The van der Waals surface area contributed by atoms with Crippen LogP contribution in [0.3, 0.4) is 0 Å². The Bertz CT molecular complexity index is 1080. The molecule has 2 aliphatic carbocycles. The van der Waals surface area contributed by atoms with Gasteiger partial charge in [-0.05, 0) is 85.5 Å². The number of hydrazone groups is 1. The molecular formula is C23H17Br3N2O3. The fourth-order valence-electron chi connectivity index (χ4n) is 4.65. The highest BCUT2D eigenvalue weighted by atomic mass is 79.9. The first kappa shape index (κ1) is 21.1. The molecule has 0 N–H and O–H groups in total. The van der Waals surface area contributed by atoms with Crippen molar-refractivity contribution in [2.24, 2.45) is 28.8 Å². The van der Waals surface area contributed by atoms with Gasteiger partial charge in [0, 0.05) is 4.47 Å². The van der Waals surface area contributed by atoms with Gasteiger partial charge in [0.1, 0.15) is 12.4 Å². The lowest BCUT2D eigenvalue weighted by atomic mass is 9.85. The smallest absolute Gasteiger partial charge is 0.254 e. The van der Waals surface area contributed by atoms with Gasteiger partial charge in [0.05, 0.1) is 27.0 Å². The highest BCUT2D eigenvalue weighted by Gasteiger charge is 2.59. The van der Waals surface area contributed by atoms with E-state index in [-0.39, 0.29) is 35.5 Å². The molecule has 2 fully saturated rings. The predicted molar refractivity (Wildman–Crippen MR) is 127 cm³/mol. The average molecular weight is 609 g/mol. The maximum Gasteiger partial charge on any atom is 0.254 e. The average Bonchev–Trinajstić information content (AvgIpc) is 3.42. The van der Waals surface area contributed by atoms with Gasteiger partial charge in [-0.15, -0.1) is 0 Å². The second-order valence-electron chi connectivity index (χ2n) is 7.96. The summed E-state index contributed by atoms with van der Waals surface area (Å²) in [7, 11) is 0. The molecule has 0 aromatic heterocycles. The number of hydrogen-bond donors (Lipinski definition) is 0. The minimum absolute atomic E-state index is 0.178. The third-order valence-corrected chi connectivity index (χ3v) is 7.79. The predicted octanol–water partition coefficient (Wildman–Crippen LogP) is 5.69. The molecule has 8 heteroatoms. The van der Waals surface area contributed by atoms with Crippen LogP contribution in [-0.4, -0.2) is 23.0 Å². The minimum atomic E-state index is -0.243. The Labute approximate surface area is 204 Å². The number of nitrogens with zero attached hydrogens (tertiary/aromatic N) is 2. The van der Waals surface area contributed by atoms with Crippen molar-refractivity contribution in [2.75, 3.05) is 0 Å². The van der Waals surface area contributed by atoms with E-state index in [9.17, 15) is 9.59 Å². The second kappa shape index (κ2) is 8.30. The summed E-state index contributed by atoms with van der Waals surface area (Å²) in [6, 6.07) is 11.6. The van der Waals surface area contributed by atoms with Gasteiger partial charge in [-0.1, -0.05) is 40.2 Å². The summed E-state index contributed by atoms with van der Waals surface area (Å²) in [5.41, 5.74) is 1.79. The molecule has 2 amide bonds. The van der Waals surface area contributed by atoms with E-state index in [1.807, 2.05) is 36.4 Å². The first-order chi connectivity index (χ1) is 14.9. The Morgan fingerprint density at radius 1 is 0.968 bits per heavy atom. The Morgan fingerprint density at radius 3 is 2.13 bits per heavy atom. The highest BCUT2D eigenvalue weighted by molar-refractivity contribution is 9.11. The Hall–Kier alpha value is -1.77. The van der Waals surface area contributed by atoms with Crippen LogP contribution < -0.4 is 4.74 Å². The first-order valence-corrected chi connectivity index (χ1v) is 12.3. The number of imide groups is 1. The summed E-state index contributed by atoms with van der Waals surface area (Å²) in [5, 5.41) is 5.30. The number of hydrogen-bond acceptors (Lipinski definition) is 4. The summed E-state index contributed by atoms with van der Waals surface area (Å²) in [6.45, 7) is 0.424. The molecule has 0 unspecified atom stereocenters. The van der Waals surface area contributed by atoms with Crippen molar-refractivity contribution in [1.82, 2.24) is 5.01 Å². The van der Waals surface area contributed by atoms with Crippen molar-refractivity contribution in [3.63, 3.8) is 0 Å². The van der Waals surface area contributed by atoms with Crippen molar-refractivity contribution in [3.05, 3.63) is 73.1 Å². The van der Waals surface area contributed by atoms with E-state index < -0.39 is 0 Å². The van der Waals surface area contributed by atoms with Crippen LogP contribution in [0.2, 0.25) is 0 Å². The zero-order chi connectivity index (χ0) is 21.7. The van der Waals surface area contributed by atoms with Gasteiger partial charge in [0.15, 0.2) is 0 Å². The molecule has 1 saturated heterocycles. The summed E-state index contributed by atoms with van der Waals surface area (Å²) < 4.78 is 8.48. The van der Waals surface area contributed by atoms with Crippen LogP contribution in [0.25, 0.3) is 0 Å². The number of amides is 2. The fraction of sp³-hybridized carbons (Fsp3) is 0.261. The van der Waals surface area contributed by atoms with E-state index in [4.69, 9.17) is 4.74 Å². The van der Waals surface area contributed by atoms with E-state index in [1.54, 1.807) is 6.21 Å². The Balaban J connectivity index is 1.30. The molecule has 2 aromatic carbocycles. The number of benzene rings is 2. The van der Waals surface area contributed by atoms with Crippen molar-refractivity contribution >= 4 is 65.8 Å². The summed E-state index contributed by atoms with van der Waals surface area (Å²) in [6.07, 6.45) is 6.60. The topological polar surface area (TPSA) is 59.0 Å². The molecule has 158 valence electrons. The largest absolute Gasteiger partial charge is 0.487 e. The lowest BCUT2D eigenvalue weighted by Crippen LogP contribution is -2.28. The normalized spacial score (nSPS) is 26.4. The summed E-state index contributed by atoms with van der Waals surface area (Å²) >= 11 is 10.5. The molecule has 4 atom stereocenters. The van der Waals surface area contributed by atoms with Gasteiger partial charge in [0.25, 0.3) is 11.8 Å². The maximum atomic E-state index is 12.8. The van der Waals surface area contributed by atoms with E-state index in [0.717, 1.165) is 36.0 Å². The molecule has 1 saturated carbocycles. The lowest BCUT2D eigenvalue weighted by Gasteiger charge is -2.13. The van der Waals surface area contributed by atoms with E-state index in [0.29, 0.717) is 12.4 Å². The minimum Gasteiger partial charge on any atom is -0.487 e. The summed E-state index contributed by atoms with van der Waals surface area (Å²) in [4.78, 5) is 25.5.